The van der Waals surface area contributed by atoms with Crippen molar-refractivity contribution in [3.63, 3.8) is 0 Å². The van der Waals surface area contributed by atoms with Gasteiger partial charge < -0.3 is 9.47 Å². The second kappa shape index (κ2) is 4.48. The minimum atomic E-state index is -2.74. The van der Waals surface area contributed by atoms with Gasteiger partial charge in [-0.2, -0.15) is 0 Å². The van der Waals surface area contributed by atoms with Gasteiger partial charge in [0.15, 0.2) is 0 Å². The zero-order chi connectivity index (χ0) is 10.6. The maximum Gasteiger partial charge on any atom is 0.296 e. The summed E-state index contributed by atoms with van der Waals surface area (Å²) in [6.07, 6.45) is -2.74. The number of halogens is 2. The molecule has 1 rings (SSSR count). The molecule has 78 valence electrons. The topological polar surface area (TPSA) is 18.5 Å². The molecule has 0 aromatic heterocycles. The van der Waals surface area contributed by atoms with Crippen LogP contribution in [-0.2, 0) is 15.3 Å². The molecule has 0 bridgehead atoms. The van der Waals surface area contributed by atoms with E-state index in [1.54, 1.807) is 30.3 Å². The van der Waals surface area contributed by atoms with Crippen LogP contribution in [0.1, 0.15) is 5.56 Å². The molecule has 0 aliphatic rings. The first-order valence-electron chi connectivity index (χ1n) is 4.11. The Hall–Kier alpha value is -1.00. The molecular weight excluding hydrogens is 190 g/mol. The van der Waals surface area contributed by atoms with Crippen molar-refractivity contribution in [1.82, 2.24) is 0 Å². The number of alkyl halides is 2. The fraction of sp³-hybridized carbons (Fsp3) is 0.400. The van der Waals surface area contributed by atoms with Crippen molar-refractivity contribution >= 4 is 0 Å². The zero-order valence-electron chi connectivity index (χ0n) is 8.04. The monoisotopic (exact) mass is 202 g/mol. The second-order valence-electron chi connectivity index (χ2n) is 2.74. The van der Waals surface area contributed by atoms with Crippen LogP contribution < -0.4 is 0 Å². The van der Waals surface area contributed by atoms with Crippen molar-refractivity contribution in [2.45, 2.75) is 12.2 Å². The van der Waals surface area contributed by atoms with Gasteiger partial charge in [0.25, 0.3) is 12.2 Å². The maximum absolute atomic E-state index is 12.8. The number of hydrogen-bond donors (Lipinski definition) is 0. The first kappa shape index (κ1) is 11.1. The summed E-state index contributed by atoms with van der Waals surface area (Å²) in [4.78, 5) is 0. The molecule has 2 nitrogen and oxygen atoms in total. The van der Waals surface area contributed by atoms with E-state index in [-0.39, 0.29) is 0 Å². The molecule has 0 heterocycles. The first-order chi connectivity index (χ1) is 6.67. The van der Waals surface area contributed by atoms with Crippen molar-refractivity contribution in [1.29, 1.82) is 0 Å². The summed E-state index contributed by atoms with van der Waals surface area (Å²) < 4.78 is 35.1. The van der Waals surface area contributed by atoms with Gasteiger partial charge in [-0.15, -0.1) is 0 Å². The van der Waals surface area contributed by atoms with E-state index in [4.69, 9.17) is 9.47 Å². The highest BCUT2D eigenvalue weighted by Crippen LogP contribution is 2.32. The quantitative estimate of drug-likeness (QED) is 0.698. The normalized spacial score (nSPS) is 12.1. The van der Waals surface area contributed by atoms with E-state index >= 15 is 0 Å². The third-order valence-electron chi connectivity index (χ3n) is 2.07. The molecule has 4 heteroatoms. The molecule has 14 heavy (non-hydrogen) atoms. The van der Waals surface area contributed by atoms with Crippen molar-refractivity contribution in [2.24, 2.45) is 0 Å². The average Bonchev–Trinajstić information content (AvgIpc) is 2.22. The highest BCUT2D eigenvalue weighted by Gasteiger charge is 2.42. The van der Waals surface area contributed by atoms with E-state index in [2.05, 4.69) is 0 Å². The van der Waals surface area contributed by atoms with Crippen molar-refractivity contribution in [3.8, 4) is 0 Å². The molecule has 0 amide bonds. The van der Waals surface area contributed by atoms with E-state index in [1.807, 2.05) is 0 Å². The van der Waals surface area contributed by atoms with Gasteiger partial charge in [-0.1, -0.05) is 30.3 Å². The van der Waals surface area contributed by atoms with Gasteiger partial charge in [-0.3, -0.25) is 0 Å². The van der Waals surface area contributed by atoms with E-state index in [0.717, 1.165) is 0 Å². The van der Waals surface area contributed by atoms with E-state index < -0.39 is 12.2 Å². The van der Waals surface area contributed by atoms with Crippen LogP contribution in [0.15, 0.2) is 30.3 Å². The molecule has 0 aliphatic carbocycles. The van der Waals surface area contributed by atoms with Gasteiger partial charge in [0.05, 0.1) is 0 Å². The molecule has 0 radical (unpaired) electrons. The summed E-state index contributed by atoms with van der Waals surface area (Å²) >= 11 is 0. The lowest BCUT2D eigenvalue weighted by Gasteiger charge is -2.30. The number of benzene rings is 1. The lowest BCUT2D eigenvalue weighted by atomic mass is 10.1. The number of hydrogen-bond acceptors (Lipinski definition) is 2. The van der Waals surface area contributed by atoms with Gasteiger partial charge in [0, 0.05) is 19.8 Å². The highest BCUT2D eigenvalue weighted by atomic mass is 19.3. The van der Waals surface area contributed by atoms with Gasteiger partial charge in [-0.05, 0) is 0 Å². The van der Waals surface area contributed by atoms with Gasteiger partial charge in [0.2, 0.25) is 0 Å². The fourth-order valence-corrected chi connectivity index (χ4v) is 1.29. The Morgan fingerprint density at radius 1 is 1.07 bits per heavy atom. The molecule has 0 aliphatic heterocycles. The van der Waals surface area contributed by atoms with Crippen LogP contribution in [-0.4, -0.2) is 20.6 Å². The maximum atomic E-state index is 12.8. The Morgan fingerprint density at radius 2 is 1.57 bits per heavy atom. The molecular formula is C10H12F2O2. The SMILES string of the molecule is COC(OC)(c1ccccc1)C(F)F. The van der Waals surface area contributed by atoms with Crippen LogP contribution in [0, 0.1) is 0 Å². The molecule has 1 aromatic rings. The summed E-state index contributed by atoms with van der Waals surface area (Å²) in [7, 11) is 2.39. The van der Waals surface area contributed by atoms with Gasteiger partial charge in [0.1, 0.15) is 0 Å². The van der Waals surface area contributed by atoms with E-state index in [1.165, 1.54) is 14.2 Å². The summed E-state index contributed by atoms with van der Waals surface area (Å²) in [5.41, 5.74) is 0.306. The highest BCUT2D eigenvalue weighted by molar-refractivity contribution is 5.21. The third-order valence-corrected chi connectivity index (χ3v) is 2.07. The summed E-state index contributed by atoms with van der Waals surface area (Å²) in [5, 5.41) is 0. The second-order valence-corrected chi connectivity index (χ2v) is 2.74. The van der Waals surface area contributed by atoms with E-state index in [0.29, 0.717) is 5.56 Å². The molecule has 0 saturated heterocycles. The lowest BCUT2D eigenvalue weighted by molar-refractivity contribution is -0.281. The summed E-state index contributed by atoms with van der Waals surface area (Å²) in [6.45, 7) is 0. The Kier molecular flexibility index (Phi) is 3.55. The van der Waals surface area contributed by atoms with Crippen LogP contribution in [0.2, 0.25) is 0 Å². The van der Waals surface area contributed by atoms with Gasteiger partial charge in [-0.25, -0.2) is 8.78 Å². The summed E-state index contributed by atoms with van der Waals surface area (Å²) in [5.74, 6) is -1.96. The molecule has 0 unspecified atom stereocenters. The number of methoxy groups -OCH3 is 2. The summed E-state index contributed by atoms with van der Waals surface area (Å²) in [6, 6.07) is 8.14. The predicted octanol–water partition coefficient (Wildman–Crippen LogP) is 2.40. The standard InChI is InChI=1S/C10H12F2O2/c1-13-10(14-2,9(11)12)8-6-4-3-5-7-8/h3-7,9H,1-2H3. The molecule has 0 fully saturated rings. The smallest absolute Gasteiger partial charge is 0.296 e. The molecule has 0 N–H and O–H groups in total. The van der Waals surface area contributed by atoms with Crippen molar-refractivity contribution < 1.29 is 18.3 Å². The van der Waals surface area contributed by atoms with Crippen LogP contribution in [0.25, 0.3) is 0 Å². The van der Waals surface area contributed by atoms with Crippen LogP contribution >= 0.6 is 0 Å². The third kappa shape index (κ3) is 1.76. The first-order valence-corrected chi connectivity index (χ1v) is 4.11. The Balaban J connectivity index is 3.11. The Labute approximate surface area is 81.4 Å². The average molecular weight is 202 g/mol. The lowest BCUT2D eigenvalue weighted by Crippen LogP contribution is -2.38. The molecule has 0 saturated carbocycles. The zero-order valence-corrected chi connectivity index (χ0v) is 8.04. The minimum absolute atomic E-state index is 0.306. The Bertz CT molecular complexity index is 271. The van der Waals surface area contributed by atoms with Crippen LogP contribution in [0.3, 0.4) is 0 Å². The number of rotatable bonds is 4. The predicted molar refractivity (Wildman–Crippen MR) is 48.1 cm³/mol. The van der Waals surface area contributed by atoms with E-state index in [9.17, 15) is 8.78 Å². The van der Waals surface area contributed by atoms with Gasteiger partial charge >= 0.3 is 0 Å². The molecule has 0 spiro atoms. The van der Waals surface area contributed by atoms with Crippen LogP contribution in [0.5, 0.6) is 0 Å². The van der Waals surface area contributed by atoms with Crippen molar-refractivity contribution in [2.75, 3.05) is 14.2 Å². The molecule has 1 aromatic carbocycles. The fourth-order valence-electron chi connectivity index (χ4n) is 1.29. The largest absolute Gasteiger partial charge is 0.345 e. The number of ether oxygens (including phenoxy) is 2. The molecule has 0 atom stereocenters. The minimum Gasteiger partial charge on any atom is -0.345 e. The Morgan fingerprint density at radius 3 is 1.93 bits per heavy atom. The van der Waals surface area contributed by atoms with Crippen molar-refractivity contribution in [3.05, 3.63) is 35.9 Å². The van der Waals surface area contributed by atoms with Crippen LogP contribution in [0.4, 0.5) is 8.78 Å².